The fourth-order valence-corrected chi connectivity index (χ4v) is 1.98. The molecule has 0 spiro atoms. The zero-order valence-corrected chi connectivity index (χ0v) is 11.0. The summed E-state index contributed by atoms with van der Waals surface area (Å²) in [6, 6.07) is 3.94. The van der Waals surface area contributed by atoms with Crippen molar-refractivity contribution in [3.63, 3.8) is 0 Å². The zero-order chi connectivity index (χ0) is 13.7. The van der Waals surface area contributed by atoms with E-state index in [2.05, 4.69) is 15.0 Å². The standard InChI is InChI=1S/C13H19N5O/c1-17(7-11-2-4-15-5-3-11)9-13(19)10-18-8-12(14)6-16-18/h2-6,8,13,19H,7,9-10,14H2,1H3. The van der Waals surface area contributed by atoms with Crippen LogP contribution >= 0.6 is 0 Å². The molecule has 2 rings (SSSR count). The lowest BCUT2D eigenvalue weighted by Gasteiger charge is -2.20. The van der Waals surface area contributed by atoms with Gasteiger partial charge in [0.15, 0.2) is 0 Å². The van der Waals surface area contributed by atoms with Crippen LogP contribution in [0.2, 0.25) is 0 Å². The van der Waals surface area contributed by atoms with Gasteiger partial charge < -0.3 is 10.8 Å². The van der Waals surface area contributed by atoms with Gasteiger partial charge in [0.1, 0.15) is 0 Å². The molecule has 0 aromatic carbocycles. The highest BCUT2D eigenvalue weighted by molar-refractivity contribution is 5.30. The van der Waals surface area contributed by atoms with Crippen molar-refractivity contribution < 1.29 is 5.11 Å². The highest BCUT2D eigenvalue weighted by atomic mass is 16.3. The Balaban J connectivity index is 1.80. The van der Waals surface area contributed by atoms with Gasteiger partial charge >= 0.3 is 0 Å². The van der Waals surface area contributed by atoms with Gasteiger partial charge in [0.2, 0.25) is 0 Å². The van der Waals surface area contributed by atoms with E-state index in [4.69, 9.17) is 5.73 Å². The molecule has 0 saturated heterocycles. The van der Waals surface area contributed by atoms with Crippen molar-refractivity contribution in [2.24, 2.45) is 0 Å². The third-order valence-electron chi connectivity index (χ3n) is 2.78. The SMILES string of the molecule is CN(Cc1ccncc1)CC(O)Cn1cc(N)cn1. The van der Waals surface area contributed by atoms with Crippen LogP contribution in [0.25, 0.3) is 0 Å². The number of pyridine rings is 1. The van der Waals surface area contributed by atoms with Crippen LogP contribution in [0.1, 0.15) is 5.56 Å². The molecule has 6 heteroatoms. The summed E-state index contributed by atoms with van der Waals surface area (Å²) in [6.45, 7) is 1.79. The summed E-state index contributed by atoms with van der Waals surface area (Å²) in [6.07, 6.45) is 6.35. The fraction of sp³-hybridized carbons (Fsp3) is 0.385. The highest BCUT2D eigenvalue weighted by Gasteiger charge is 2.10. The minimum Gasteiger partial charge on any atom is -0.396 e. The van der Waals surface area contributed by atoms with Gasteiger partial charge in [-0.05, 0) is 24.7 Å². The average Bonchev–Trinajstić information content (AvgIpc) is 2.75. The second kappa shape index (κ2) is 6.31. The summed E-state index contributed by atoms with van der Waals surface area (Å²) >= 11 is 0. The number of anilines is 1. The first-order valence-electron chi connectivity index (χ1n) is 6.17. The number of hydrogen-bond acceptors (Lipinski definition) is 5. The number of hydrogen-bond donors (Lipinski definition) is 2. The Morgan fingerprint density at radius 1 is 1.42 bits per heavy atom. The fourth-order valence-electron chi connectivity index (χ4n) is 1.98. The summed E-state index contributed by atoms with van der Waals surface area (Å²) in [5.41, 5.74) is 7.36. The van der Waals surface area contributed by atoms with Crippen molar-refractivity contribution in [1.82, 2.24) is 19.7 Å². The van der Waals surface area contributed by atoms with Crippen LogP contribution in [0.3, 0.4) is 0 Å². The Hall–Kier alpha value is -1.92. The number of rotatable bonds is 6. The lowest BCUT2D eigenvalue weighted by molar-refractivity contribution is 0.104. The van der Waals surface area contributed by atoms with Gasteiger partial charge in [-0.15, -0.1) is 0 Å². The molecule has 2 aromatic heterocycles. The first-order valence-corrected chi connectivity index (χ1v) is 6.17. The molecular weight excluding hydrogens is 242 g/mol. The van der Waals surface area contributed by atoms with E-state index in [-0.39, 0.29) is 0 Å². The van der Waals surface area contributed by atoms with Crippen molar-refractivity contribution >= 4 is 5.69 Å². The molecule has 1 unspecified atom stereocenters. The Kier molecular flexibility index (Phi) is 4.48. The molecule has 2 aromatic rings. The van der Waals surface area contributed by atoms with E-state index in [1.807, 2.05) is 19.2 Å². The van der Waals surface area contributed by atoms with Gasteiger partial charge in [-0.2, -0.15) is 5.10 Å². The number of aliphatic hydroxyl groups is 1. The molecule has 2 heterocycles. The largest absolute Gasteiger partial charge is 0.396 e. The van der Waals surface area contributed by atoms with Crippen LogP contribution in [0.15, 0.2) is 36.9 Å². The normalized spacial score (nSPS) is 12.8. The van der Waals surface area contributed by atoms with Gasteiger partial charge in [0.05, 0.1) is 24.5 Å². The van der Waals surface area contributed by atoms with E-state index in [1.54, 1.807) is 29.5 Å². The monoisotopic (exact) mass is 261 g/mol. The first kappa shape index (κ1) is 13.5. The second-order valence-corrected chi connectivity index (χ2v) is 4.70. The molecular formula is C13H19N5O. The third-order valence-corrected chi connectivity index (χ3v) is 2.78. The smallest absolute Gasteiger partial charge is 0.0862 e. The van der Waals surface area contributed by atoms with Crippen molar-refractivity contribution in [2.45, 2.75) is 19.2 Å². The third kappa shape index (κ3) is 4.35. The maximum absolute atomic E-state index is 10.0. The summed E-state index contributed by atoms with van der Waals surface area (Å²) in [4.78, 5) is 6.04. The van der Waals surface area contributed by atoms with E-state index < -0.39 is 6.10 Å². The molecule has 0 aliphatic carbocycles. The van der Waals surface area contributed by atoms with E-state index in [1.165, 1.54) is 5.56 Å². The van der Waals surface area contributed by atoms with Gasteiger partial charge in [-0.3, -0.25) is 14.6 Å². The zero-order valence-electron chi connectivity index (χ0n) is 11.0. The minimum atomic E-state index is -0.480. The van der Waals surface area contributed by atoms with Crippen LogP contribution in [0.4, 0.5) is 5.69 Å². The highest BCUT2D eigenvalue weighted by Crippen LogP contribution is 2.04. The van der Waals surface area contributed by atoms with Gasteiger partial charge in [-0.25, -0.2) is 0 Å². The predicted octanol–water partition coefficient (Wildman–Crippen LogP) is 0.353. The van der Waals surface area contributed by atoms with Crippen LogP contribution < -0.4 is 5.73 Å². The Morgan fingerprint density at radius 2 is 2.16 bits per heavy atom. The number of nitrogen functional groups attached to an aromatic ring is 1. The van der Waals surface area contributed by atoms with Gasteiger partial charge in [0, 0.05) is 31.7 Å². The molecule has 0 fully saturated rings. The Morgan fingerprint density at radius 3 is 2.79 bits per heavy atom. The Bertz CT molecular complexity index is 499. The Labute approximate surface area is 112 Å². The summed E-state index contributed by atoms with van der Waals surface area (Å²) < 4.78 is 1.65. The molecule has 1 atom stereocenters. The molecule has 0 aliphatic heterocycles. The van der Waals surface area contributed by atoms with Crippen LogP contribution in [-0.2, 0) is 13.1 Å². The summed E-state index contributed by atoms with van der Waals surface area (Å²) in [5, 5.41) is 14.1. The molecule has 0 aliphatic rings. The van der Waals surface area contributed by atoms with Gasteiger partial charge in [-0.1, -0.05) is 0 Å². The van der Waals surface area contributed by atoms with E-state index in [0.29, 0.717) is 18.8 Å². The summed E-state index contributed by atoms with van der Waals surface area (Å²) in [7, 11) is 1.97. The maximum atomic E-state index is 10.0. The van der Waals surface area contributed by atoms with Gasteiger partial charge in [0.25, 0.3) is 0 Å². The maximum Gasteiger partial charge on any atom is 0.0862 e. The van der Waals surface area contributed by atoms with E-state index in [9.17, 15) is 5.11 Å². The number of aliphatic hydroxyl groups excluding tert-OH is 1. The lowest BCUT2D eigenvalue weighted by atomic mass is 10.2. The molecule has 6 nitrogen and oxygen atoms in total. The molecule has 19 heavy (non-hydrogen) atoms. The van der Waals surface area contributed by atoms with Crippen LogP contribution in [-0.4, -0.2) is 44.5 Å². The number of nitrogens with zero attached hydrogens (tertiary/aromatic N) is 4. The minimum absolute atomic E-state index is 0.442. The summed E-state index contributed by atoms with van der Waals surface area (Å²) in [5.74, 6) is 0. The molecule has 102 valence electrons. The molecule has 0 saturated carbocycles. The lowest BCUT2D eigenvalue weighted by Crippen LogP contribution is -2.31. The predicted molar refractivity (Wildman–Crippen MR) is 73.2 cm³/mol. The number of nitrogens with two attached hydrogens (primary N) is 1. The second-order valence-electron chi connectivity index (χ2n) is 4.70. The van der Waals surface area contributed by atoms with Crippen LogP contribution in [0, 0.1) is 0 Å². The van der Waals surface area contributed by atoms with E-state index >= 15 is 0 Å². The van der Waals surface area contributed by atoms with E-state index in [0.717, 1.165) is 6.54 Å². The number of aromatic nitrogens is 3. The first-order chi connectivity index (χ1) is 9.13. The van der Waals surface area contributed by atoms with Crippen molar-refractivity contribution in [2.75, 3.05) is 19.3 Å². The van der Waals surface area contributed by atoms with Crippen molar-refractivity contribution in [3.05, 3.63) is 42.5 Å². The molecule has 0 amide bonds. The van der Waals surface area contributed by atoms with Crippen LogP contribution in [0.5, 0.6) is 0 Å². The quantitative estimate of drug-likeness (QED) is 0.784. The van der Waals surface area contributed by atoms with Crippen molar-refractivity contribution in [1.29, 1.82) is 0 Å². The molecule has 3 N–H and O–H groups in total. The number of likely N-dealkylation sites (N-methyl/N-ethyl adjacent to an activating group) is 1. The molecule has 0 radical (unpaired) electrons. The van der Waals surface area contributed by atoms with Crippen molar-refractivity contribution in [3.8, 4) is 0 Å². The average molecular weight is 261 g/mol. The molecule has 0 bridgehead atoms. The topological polar surface area (TPSA) is 80.2 Å².